The Hall–Kier alpha value is -2.63. The van der Waals surface area contributed by atoms with E-state index in [9.17, 15) is 9.59 Å². The van der Waals surface area contributed by atoms with E-state index >= 15 is 0 Å². The molecule has 2 aromatic rings. The quantitative estimate of drug-likeness (QED) is 0.872. The Labute approximate surface area is 110 Å². The molecule has 0 spiro atoms. The molecular weight excluding hydrogens is 244 g/mol. The lowest BCUT2D eigenvalue weighted by Gasteiger charge is -2.07. The summed E-state index contributed by atoms with van der Waals surface area (Å²) in [6, 6.07) is 6.93. The van der Waals surface area contributed by atoms with Crippen LogP contribution in [0.4, 0.5) is 11.4 Å². The molecule has 6 nitrogen and oxygen atoms in total. The van der Waals surface area contributed by atoms with Crippen LogP contribution in [0.15, 0.2) is 43.0 Å². The molecule has 0 aliphatic carbocycles. The van der Waals surface area contributed by atoms with Crippen molar-refractivity contribution in [2.45, 2.75) is 13.5 Å². The molecule has 0 unspecified atom stereocenters. The lowest BCUT2D eigenvalue weighted by atomic mass is 10.2. The molecule has 0 fully saturated rings. The zero-order chi connectivity index (χ0) is 13.7. The fourth-order valence-corrected chi connectivity index (χ4v) is 1.59. The second kappa shape index (κ2) is 5.81. The molecule has 2 amide bonds. The highest BCUT2D eigenvalue weighted by Gasteiger charge is 2.03. The molecule has 0 saturated carbocycles. The summed E-state index contributed by atoms with van der Waals surface area (Å²) < 4.78 is 1.68. The zero-order valence-electron chi connectivity index (χ0n) is 10.5. The molecular formula is C13H14N4O2. The molecule has 0 saturated heterocycles. The molecule has 1 aromatic carbocycles. The van der Waals surface area contributed by atoms with Gasteiger partial charge in [-0.3, -0.25) is 9.59 Å². The van der Waals surface area contributed by atoms with E-state index in [1.54, 1.807) is 47.6 Å². The van der Waals surface area contributed by atoms with Gasteiger partial charge in [0.1, 0.15) is 6.54 Å². The molecule has 0 atom stereocenters. The summed E-state index contributed by atoms with van der Waals surface area (Å²) in [6.07, 6.45) is 4.93. The van der Waals surface area contributed by atoms with Gasteiger partial charge in [-0.2, -0.15) is 0 Å². The van der Waals surface area contributed by atoms with Crippen LogP contribution < -0.4 is 10.6 Å². The maximum absolute atomic E-state index is 11.7. The number of rotatable bonds is 4. The number of amides is 2. The average molecular weight is 258 g/mol. The van der Waals surface area contributed by atoms with Gasteiger partial charge >= 0.3 is 0 Å². The first kappa shape index (κ1) is 12.8. The lowest BCUT2D eigenvalue weighted by molar-refractivity contribution is -0.117. The monoisotopic (exact) mass is 258 g/mol. The normalized spacial score (nSPS) is 9.95. The van der Waals surface area contributed by atoms with E-state index in [4.69, 9.17) is 0 Å². The van der Waals surface area contributed by atoms with Crippen molar-refractivity contribution in [3.05, 3.63) is 43.0 Å². The van der Waals surface area contributed by atoms with Crippen LogP contribution in [-0.2, 0) is 16.1 Å². The Kier molecular flexibility index (Phi) is 3.92. The fourth-order valence-electron chi connectivity index (χ4n) is 1.59. The number of carbonyl (C=O) groups is 2. The molecule has 2 N–H and O–H groups in total. The summed E-state index contributed by atoms with van der Waals surface area (Å²) in [4.78, 5) is 26.4. The molecule has 19 heavy (non-hydrogen) atoms. The van der Waals surface area contributed by atoms with Gasteiger partial charge in [0.25, 0.3) is 0 Å². The molecule has 1 aromatic heterocycles. The topological polar surface area (TPSA) is 76.0 Å². The first-order valence-corrected chi connectivity index (χ1v) is 5.77. The number of benzene rings is 1. The van der Waals surface area contributed by atoms with E-state index in [2.05, 4.69) is 15.6 Å². The first-order chi connectivity index (χ1) is 9.13. The van der Waals surface area contributed by atoms with E-state index in [1.165, 1.54) is 6.92 Å². The molecule has 0 aliphatic rings. The Morgan fingerprint density at radius 3 is 2.32 bits per heavy atom. The third-order valence-corrected chi connectivity index (χ3v) is 2.37. The average Bonchev–Trinajstić information content (AvgIpc) is 2.83. The molecule has 0 bridgehead atoms. The van der Waals surface area contributed by atoms with Crippen molar-refractivity contribution in [2.75, 3.05) is 10.6 Å². The number of nitrogens with one attached hydrogen (secondary N) is 2. The maximum atomic E-state index is 11.7. The summed E-state index contributed by atoms with van der Waals surface area (Å²) >= 11 is 0. The van der Waals surface area contributed by atoms with Gasteiger partial charge in [-0.15, -0.1) is 0 Å². The van der Waals surface area contributed by atoms with Crippen LogP contribution in [0.1, 0.15) is 6.92 Å². The summed E-state index contributed by atoms with van der Waals surface area (Å²) in [5.74, 6) is -0.262. The number of nitrogens with zero attached hydrogens (tertiary/aromatic N) is 2. The summed E-state index contributed by atoms with van der Waals surface area (Å²) in [5.41, 5.74) is 1.37. The van der Waals surface area contributed by atoms with Gasteiger partial charge < -0.3 is 15.2 Å². The summed E-state index contributed by atoms with van der Waals surface area (Å²) in [7, 11) is 0. The maximum Gasteiger partial charge on any atom is 0.244 e. The smallest absolute Gasteiger partial charge is 0.244 e. The van der Waals surface area contributed by atoms with Crippen LogP contribution in [0.25, 0.3) is 0 Å². The van der Waals surface area contributed by atoms with Crippen molar-refractivity contribution in [2.24, 2.45) is 0 Å². The van der Waals surface area contributed by atoms with Crippen LogP contribution in [0, 0.1) is 0 Å². The van der Waals surface area contributed by atoms with Gasteiger partial charge in [0.2, 0.25) is 11.8 Å². The zero-order valence-corrected chi connectivity index (χ0v) is 10.5. The minimum atomic E-state index is -0.134. The van der Waals surface area contributed by atoms with Crippen molar-refractivity contribution in [3.8, 4) is 0 Å². The molecule has 0 radical (unpaired) electrons. The largest absolute Gasteiger partial charge is 0.328 e. The second-order valence-corrected chi connectivity index (χ2v) is 4.04. The van der Waals surface area contributed by atoms with Crippen LogP contribution in [0.5, 0.6) is 0 Å². The van der Waals surface area contributed by atoms with Crippen LogP contribution in [0.2, 0.25) is 0 Å². The van der Waals surface area contributed by atoms with Crippen LogP contribution in [0.3, 0.4) is 0 Å². The Morgan fingerprint density at radius 1 is 1.16 bits per heavy atom. The van der Waals surface area contributed by atoms with E-state index < -0.39 is 0 Å². The molecule has 2 rings (SSSR count). The highest BCUT2D eigenvalue weighted by molar-refractivity contribution is 5.92. The third-order valence-electron chi connectivity index (χ3n) is 2.37. The number of imidazole rings is 1. The van der Waals surface area contributed by atoms with Crippen molar-refractivity contribution in [3.63, 3.8) is 0 Å². The number of carbonyl (C=O) groups excluding carboxylic acids is 2. The van der Waals surface area contributed by atoms with E-state index in [0.717, 1.165) is 0 Å². The summed E-state index contributed by atoms with van der Waals surface area (Å²) in [5, 5.41) is 5.42. The standard InChI is InChI=1S/C13H14N4O2/c1-10(18)15-11-2-4-12(5-3-11)16-13(19)8-17-7-6-14-9-17/h2-7,9H,8H2,1H3,(H,15,18)(H,16,19). The Morgan fingerprint density at radius 2 is 1.79 bits per heavy atom. The van der Waals surface area contributed by atoms with Crippen molar-refractivity contribution >= 4 is 23.2 Å². The Balaban J connectivity index is 1.92. The predicted octanol–water partition coefficient (Wildman–Crippen LogP) is 1.48. The van der Waals surface area contributed by atoms with E-state index in [1.807, 2.05) is 0 Å². The molecule has 1 heterocycles. The van der Waals surface area contributed by atoms with Gasteiger partial charge in [0.05, 0.1) is 6.33 Å². The SMILES string of the molecule is CC(=O)Nc1ccc(NC(=O)Cn2ccnc2)cc1. The van der Waals surface area contributed by atoms with Gasteiger partial charge in [0.15, 0.2) is 0 Å². The van der Waals surface area contributed by atoms with Gasteiger partial charge in [-0.25, -0.2) is 4.98 Å². The van der Waals surface area contributed by atoms with Gasteiger partial charge in [-0.1, -0.05) is 0 Å². The Bertz CT molecular complexity index is 561. The predicted molar refractivity (Wildman–Crippen MR) is 71.6 cm³/mol. The van der Waals surface area contributed by atoms with Gasteiger partial charge in [0, 0.05) is 30.7 Å². The first-order valence-electron chi connectivity index (χ1n) is 5.77. The number of anilines is 2. The van der Waals surface area contributed by atoms with Crippen LogP contribution >= 0.6 is 0 Å². The number of hydrogen-bond donors (Lipinski definition) is 2. The van der Waals surface area contributed by atoms with Gasteiger partial charge in [-0.05, 0) is 24.3 Å². The minimum Gasteiger partial charge on any atom is -0.328 e. The van der Waals surface area contributed by atoms with Crippen LogP contribution in [-0.4, -0.2) is 21.4 Å². The third kappa shape index (κ3) is 3.95. The molecule has 0 aliphatic heterocycles. The molecule has 98 valence electrons. The van der Waals surface area contributed by atoms with E-state index in [-0.39, 0.29) is 18.4 Å². The number of aromatic nitrogens is 2. The highest BCUT2D eigenvalue weighted by atomic mass is 16.2. The minimum absolute atomic E-state index is 0.128. The highest BCUT2D eigenvalue weighted by Crippen LogP contribution is 2.13. The van der Waals surface area contributed by atoms with E-state index in [0.29, 0.717) is 11.4 Å². The van der Waals surface area contributed by atoms with Crippen molar-refractivity contribution in [1.82, 2.24) is 9.55 Å². The van der Waals surface area contributed by atoms with Crippen molar-refractivity contribution in [1.29, 1.82) is 0 Å². The fraction of sp³-hybridized carbons (Fsp3) is 0.154. The van der Waals surface area contributed by atoms with Crippen molar-refractivity contribution < 1.29 is 9.59 Å². The lowest BCUT2D eigenvalue weighted by Crippen LogP contribution is -2.17. The molecule has 6 heteroatoms. The summed E-state index contributed by atoms with van der Waals surface area (Å²) in [6.45, 7) is 1.66. The second-order valence-electron chi connectivity index (χ2n) is 4.04. The number of hydrogen-bond acceptors (Lipinski definition) is 3.